The van der Waals surface area contributed by atoms with Gasteiger partial charge in [0.15, 0.2) is 0 Å². The van der Waals surface area contributed by atoms with Crippen LogP contribution in [0.3, 0.4) is 0 Å². The van der Waals surface area contributed by atoms with Gasteiger partial charge in [-0.3, -0.25) is 4.79 Å². The first-order chi connectivity index (χ1) is 7.24. The van der Waals surface area contributed by atoms with E-state index in [4.69, 9.17) is 5.73 Å². The zero-order valence-electron chi connectivity index (χ0n) is 8.52. The molecule has 0 bridgehead atoms. The number of hydrogen-bond acceptors (Lipinski definition) is 2. The quantitative estimate of drug-likeness (QED) is 0.750. The maximum absolute atomic E-state index is 11.3. The lowest BCUT2D eigenvalue weighted by molar-refractivity contribution is -0.121. The molecule has 3 heteroatoms. The molecule has 0 spiro atoms. The minimum absolute atomic E-state index is 0.128. The van der Waals surface area contributed by atoms with Crippen LogP contribution in [0.5, 0.6) is 0 Å². The van der Waals surface area contributed by atoms with E-state index in [9.17, 15) is 4.79 Å². The van der Waals surface area contributed by atoms with E-state index in [2.05, 4.69) is 24.8 Å². The molecule has 0 heterocycles. The predicted molar refractivity (Wildman–Crippen MR) is 64.0 cm³/mol. The van der Waals surface area contributed by atoms with Crippen LogP contribution in [0.4, 0.5) is 0 Å². The van der Waals surface area contributed by atoms with E-state index in [0.717, 1.165) is 12.8 Å². The summed E-state index contributed by atoms with van der Waals surface area (Å²) >= 11 is 4.22. The van der Waals surface area contributed by atoms with Crippen LogP contribution in [0.15, 0.2) is 24.3 Å². The Morgan fingerprint density at radius 3 is 2.93 bits per heavy atom. The third kappa shape index (κ3) is 1.88. The molecule has 1 aromatic rings. The molecule has 0 saturated heterocycles. The van der Waals surface area contributed by atoms with Crippen molar-refractivity contribution in [1.29, 1.82) is 0 Å². The molecule has 2 N–H and O–H groups in total. The lowest BCUT2D eigenvalue weighted by Crippen LogP contribution is -2.29. The second kappa shape index (κ2) is 4.27. The summed E-state index contributed by atoms with van der Waals surface area (Å²) in [6.45, 7) is 0. The summed E-state index contributed by atoms with van der Waals surface area (Å²) in [6, 6.07) is 8.30. The van der Waals surface area contributed by atoms with Crippen molar-refractivity contribution in [3.05, 3.63) is 35.4 Å². The Labute approximate surface area is 95.3 Å². The average Bonchev–Trinajstić information content (AvgIpc) is 2.63. The topological polar surface area (TPSA) is 43.1 Å². The fourth-order valence-corrected chi connectivity index (χ4v) is 2.86. The first-order valence-electron chi connectivity index (χ1n) is 5.22. The summed E-state index contributed by atoms with van der Waals surface area (Å²) in [7, 11) is 0. The van der Waals surface area contributed by atoms with E-state index in [0.29, 0.717) is 5.75 Å². The molecule has 0 aliphatic heterocycles. The van der Waals surface area contributed by atoms with Gasteiger partial charge in [-0.25, -0.2) is 0 Å². The van der Waals surface area contributed by atoms with E-state index >= 15 is 0 Å². The second-order valence-corrected chi connectivity index (χ2v) is 4.40. The molecule has 80 valence electrons. The number of nitrogens with two attached hydrogens (primary N) is 1. The maximum Gasteiger partial charge on any atom is 0.221 e. The predicted octanol–water partition coefficient (Wildman–Crippen LogP) is 1.75. The average molecular weight is 221 g/mol. The number of fused-ring (bicyclic) bond motifs is 1. The monoisotopic (exact) mass is 221 g/mol. The Kier molecular flexibility index (Phi) is 3.00. The first-order valence-corrected chi connectivity index (χ1v) is 5.85. The third-order valence-corrected chi connectivity index (χ3v) is 3.62. The van der Waals surface area contributed by atoms with E-state index in [1.54, 1.807) is 0 Å². The Bertz CT molecular complexity index is 378. The highest BCUT2D eigenvalue weighted by Crippen LogP contribution is 2.38. The van der Waals surface area contributed by atoms with Crippen molar-refractivity contribution in [3.8, 4) is 0 Å². The number of aryl methyl sites for hydroxylation is 1. The van der Waals surface area contributed by atoms with Crippen molar-refractivity contribution in [1.82, 2.24) is 0 Å². The maximum atomic E-state index is 11.3. The molecule has 15 heavy (non-hydrogen) atoms. The lowest BCUT2D eigenvalue weighted by atomic mass is 9.88. The van der Waals surface area contributed by atoms with Crippen molar-refractivity contribution < 1.29 is 4.79 Å². The largest absolute Gasteiger partial charge is 0.369 e. The van der Waals surface area contributed by atoms with Gasteiger partial charge in [-0.05, 0) is 29.9 Å². The van der Waals surface area contributed by atoms with Crippen molar-refractivity contribution in [3.63, 3.8) is 0 Å². The van der Waals surface area contributed by atoms with Gasteiger partial charge in [0.25, 0.3) is 0 Å². The molecule has 2 nitrogen and oxygen atoms in total. The molecule has 2 atom stereocenters. The van der Waals surface area contributed by atoms with Gasteiger partial charge in [0.05, 0.1) is 5.92 Å². The van der Waals surface area contributed by atoms with Crippen LogP contribution in [-0.4, -0.2) is 11.7 Å². The Hall–Kier alpha value is -0.960. The molecule has 1 amide bonds. The van der Waals surface area contributed by atoms with Gasteiger partial charge in [0.1, 0.15) is 0 Å². The molecule has 0 radical (unpaired) electrons. The van der Waals surface area contributed by atoms with Crippen molar-refractivity contribution in [2.45, 2.75) is 18.8 Å². The molecule has 1 aromatic carbocycles. The van der Waals surface area contributed by atoms with E-state index < -0.39 is 0 Å². The van der Waals surface area contributed by atoms with Gasteiger partial charge in [-0.15, -0.1) is 0 Å². The molecule has 1 aliphatic rings. The summed E-state index contributed by atoms with van der Waals surface area (Å²) in [4.78, 5) is 11.3. The molecular weight excluding hydrogens is 206 g/mol. The summed E-state index contributed by atoms with van der Waals surface area (Å²) in [5.41, 5.74) is 8.04. The van der Waals surface area contributed by atoms with Crippen LogP contribution in [0.25, 0.3) is 0 Å². The van der Waals surface area contributed by atoms with Gasteiger partial charge >= 0.3 is 0 Å². The normalized spacial score (nSPS) is 21.0. The molecule has 1 aliphatic carbocycles. The van der Waals surface area contributed by atoms with Crippen molar-refractivity contribution in [2.75, 3.05) is 5.75 Å². The van der Waals surface area contributed by atoms with Crippen LogP contribution >= 0.6 is 12.6 Å². The molecule has 0 aromatic heterocycles. The molecule has 0 saturated carbocycles. The number of rotatable bonds is 3. The Balaban J connectivity index is 2.30. The van der Waals surface area contributed by atoms with Gasteiger partial charge in [-0.2, -0.15) is 12.6 Å². The summed E-state index contributed by atoms with van der Waals surface area (Å²) in [5.74, 6) is 0.453. The van der Waals surface area contributed by atoms with Crippen molar-refractivity contribution in [2.24, 2.45) is 11.7 Å². The lowest BCUT2D eigenvalue weighted by Gasteiger charge is -2.19. The number of benzene rings is 1. The highest BCUT2D eigenvalue weighted by Gasteiger charge is 2.31. The van der Waals surface area contributed by atoms with Gasteiger partial charge in [0.2, 0.25) is 5.91 Å². The SMILES string of the molecule is NC(=O)C(CS)C1CCc2ccccc21. The van der Waals surface area contributed by atoms with E-state index in [1.165, 1.54) is 11.1 Å². The zero-order chi connectivity index (χ0) is 10.8. The van der Waals surface area contributed by atoms with E-state index in [-0.39, 0.29) is 17.7 Å². The van der Waals surface area contributed by atoms with Crippen LogP contribution in [0.1, 0.15) is 23.5 Å². The number of amides is 1. The number of carbonyl (C=O) groups is 1. The minimum Gasteiger partial charge on any atom is -0.369 e. The molecular formula is C12H15NOS. The second-order valence-electron chi connectivity index (χ2n) is 4.04. The van der Waals surface area contributed by atoms with Crippen LogP contribution < -0.4 is 5.73 Å². The highest BCUT2D eigenvalue weighted by atomic mass is 32.1. The number of primary amides is 1. The van der Waals surface area contributed by atoms with Gasteiger partial charge < -0.3 is 5.73 Å². The molecule has 2 unspecified atom stereocenters. The van der Waals surface area contributed by atoms with E-state index in [1.807, 2.05) is 12.1 Å². The number of hydrogen-bond donors (Lipinski definition) is 2. The van der Waals surface area contributed by atoms with Gasteiger partial charge in [0, 0.05) is 5.75 Å². The Morgan fingerprint density at radius 2 is 2.27 bits per heavy atom. The zero-order valence-corrected chi connectivity index (χ0v) is 9.41. The highest BCUT2D eigenvalue weighted by molar-refractivity contribution is 7.80. The summed E-state index contributed by atoms with van der Waals surface area (Å²) in [6.07, 6.45) is 2.08. The number of thiol groups is 1. The summed E-state index contributed by atoms with van der Waals surface area (Å²) < 4.78 is 0. The fraction of sp³-hybridized carbons (Fsp3) is 0.417. The fourth-order valence-electron chi connectivity index (χ4n) is 2.42. The smallest absolute Gasteiger partial charge is 0.221 e. The third-order valence-electron chi connectivity index (χ3n) is 3.23. The number of carbonyl (C=O) groups excluding carboxylic acids is 1. The molecule has 2 rings (SSSR count). The minimum atomic E-state index is -0.230. The van der Waals surface area contributed by atoms with Crippen LogP contribution in [0.2, 0.25) is 0 Å². The van der Waals surface area contributed by atoms with Crippen LogP contribution in [-0.2, 0) is 11.2 Å². The summed E-state index contributed by atoms with van der Waals surface area (Å²) in [5, 5.41) is 0. The van der Waals surface area contributed by atoms with Crippen molar-refractivity contribution >= 4 is 18.5 Å². The van der Waals surface area contributed by atoms with Gasteiger partial charge in [-0.1, -0.05) is 24.3 Å². The molecule has 0 fully saturated rings. The standard InChI is InChI=1S/C12H15NOS/c13-12(14)11(7-15)10-6-5-8-3-1-2-4-9(8)10/h1-4,10-11,15H,5-7H2,(H2,13,14). The van der Waals surface area contributed by atoms with Crippen LogP contribution in [0, 0.1) is 5.92 Å². The Morgan fingerprint density at radius 1 is 1.53 bits per heavy atom. The first kappa shape index (κ1) is 10.6.